The van der Waals surface area contributed by atoms with Gasteiger partial charge in [0.15, 0.2) is 0 Å². The molecule has 0 aromatic heterocycles. The van der Waals surface area contributed by atoms with E-state index in [0.29, 0.717) is 12.5 Å². The third-order valence-corrected chi connectivity index (χ3v) is 2.74. The summed E-state index contributed by atoms with van der Waals surface area (Å²) in [5, 5.41) is 0. The molecule has 1 aliphatic rings. The van der Waals surface area contributed by atoms with E-state index < -0.39 is 0 Å². The van der Waals surface area contributed by atoms with Crippen LogP contribution in [0.25, 0.3) is 0 Å². The Balaban J connectivity index is 1.89. The highest BCUT2D eigenvalue weighted by Gasteiger charge is 2.28. The molecule has 0 radical (unpaired) electrons. The van der Waals surface area contributed by atoms with Crippen LogP contribution in [-0.2, 0) is 4.79 Å². The van der Waals surface area contributed by atoms with Gasteiger partial charge in [-0.3, -0.25) is 9.69 Å². The minimum Gasteiger partial charge on any atom is -0.399 e. The van der Waals surface area contributed by atoms with Crippen molar-refractivity contribution in [3.8, 4) is 0 Å². The lowest BCUT2D eigenvalue weighted by Crippen LogP contribution is -2.48. The summed E-state index contributed by atoms with van der Waals surface area (Å²) in [6.07, 6.45) is 0. The molecule has 1 fully saturated rings. The molecule has 4 N–H and O–H groups in total. The average Bonchev–Trinajstić information content (AvgIpc) is 2.12. The molecule has 4 heteroatoms. The molecule has 2 rings (SSSR count). The zero-order valence-corrected chi connectivity index (χ0v) is 8.52. The summed E-state index contributed by atoms with van der Waals surface area (Å²) in [5.41, 5.74) is 12.8. The Morgan fingerprint density at radius 3 is 2.47 bits per heavy atom. The lowest BCUT2D eigenvalue weighted by atomic mass is 9.91. The maximum atomic E-state index is 10.7. The van der Waals surface area contributed by atoms with Crippen LogP contribution >= 0.6 is 0 Å². The number of carbonyl (C=O) groups excluding carboxylic acids is 1. The number of benzene rings is 1. The zero-order chi connectivity index (χ0) is 10.8. The van der Waals surface area contributed by atoms with Crippen LogP contribution in [0.4, 0.5) is 5.69 Å². The third kappa shape index (κ3) is 2.27. The summed E-state index contributed by atoms with van der Waals surface area (Å²) in [4.78, 5) is 12.7. The molecule has 4 nitrogen and oxygen atoms in total. The smallest absolute Gasteiger partial charge is 0.231 e. The van der Waals surface area contributed by atoms with Gasteiger partial charge in [-0.2, -0.15) is 0 Å². The van der Waals surface area contributed by atoms with E-state index in [9.17, 15) is 4.79 Å². The lowest BCUT2D eigenvalue weighted by molar-refractivity contribution is -0.120. The van der Waals surface area contributed by atoms with E-state index in [1.165, 1.54) is 5.56 Å². The van der Waals surface area contributed by atoms with Crippen molar-refractivity contribution >= 4 is 11.6 Å². The van der Waals surface area contributed by atoms with Gasteiger partial charge in [0.1, 0.15) is 0 Å². The molecule has 0 spiro atoms. The van der Waals surface area contributed by atoms with Gasteiger partial charge >= 0.3 is 0 Å². The van der Waals surface area contributed by atoms with E-state index in [1.54, 1.807) is 0 Å². The average molecular weight is 205 g/mol. The fourth-order valence-electron chi connectivity index (χ4n) is 1.90. The Labute approximate surface area is 88.9 Å². The number of hydrogen-bond acceptors (Lipinski definition) is 3. The van der Waals surface area contributed by atoms with Crippen LogP contribution < -0.4 is 11.5 Å². The quantitative estimate of drug-likeness (QED) is 0.690. The van der Waals surface area contributed by atoms with Crippen molar-refractivity contribution in [2.75, 3.05) is 25.4 Å². The molecule has 0 bridgehead atoms. The van der Waals surface area contributed by atoms with Crippen LogP contribution in [0.15, 0.2) is 24.3 Å². The second-order valence-corrected chi connectivity index (χ2v) is 4.02. The fourth-order valence-corrected chi connectivity index (χ4v) is 1.90. The molecule has 80 valence electrons. The van der Waals surface area contributed by atoms with E-state index in [0.717, 1.165) is 18.8 Å². The number of nitrogens with zero attached hydrogens (tertiary/aromatic N) is 1. The maximum absolute atomic E-state index is 10.7. The minimum atomic E-state index is -0.259. The van der Waals surface area contributed by atoms with Crippen LogP contribution in [0.3, 0.4) is 0 Å². The number of carbonyl (C=O) groups is 1. The van der Waals surface area contributed by atoms with Crippen molar-refractivity contribution in [1.29, 1.82) is 0 Å². The molecule has 0 atom stereocenters. The highest BCUT2D eigenvalue weighted by atomic mass is 16.1. The zero-order valence-electron chi connectivity index (χ0n) is 8.52. The summed E-state index contributed by atoms with van der Waals surface area (Å²) in [7, 11) is 0. The number of anilines is 1. The Morgan fingerprint density at radius 1 is 1.33 bits per heavy atom. The topological polar surface area (TPSA) is 72.4 Å². The number of primary amides is 1. The van der Waals surface area contributed by atoms with Crippen molar-refractivity contribution in [2.45, 2.75) is 5.92 Å². The number of nitrogen functional groups attached to an aromatic ring is 1. The highest BCUT2D eigenvalue weighted by molar-refractivity contribution is 5.76. The monoisotopic (exact) mass is 205 g/mol. The Hall–Kier alpha value is -1.55. The summed E-state index contributed by atoms with van der Waals surface area (Å²) in [6.45, 7) is 2.19. The second kappa shape index (κ2) is 3.90. The van der Waals surface area contributed by atoms with Gasteiger partial charge in [0.25, 0.3) is 0 Å². The molecule has 15 heavy (non-hydrogen) atoms. The van der Waals surface area contributed by atoms with Crippen molar-refractivity contribution < 1.29 is 4.79 Å². The van der Waals surface area contributed by atoms with Crippen molar-refractivity contribution in [1.82, 2.24) is 4.90 Å². The lowest BCUT2D eigenvalue weighted by Gasteiger charge is -2.38. The predicted octanol–water partition coefficient (Wildman–Crippen LogP) is 0.153. The number of nitrogens with two attached hydrogens (primary N) is 2. The van der Waals surface area contributed by atoms with E-state index in [2.05, 4.69) is 0 Å². The van der Waals surface area contributed by atoms with Crippen LogP contribution in [-0.4, -0.2) is 30.4 Å². The van der Waals surface area contributed by atoms with Gasteiger partial charge in [-0.1, -0.05) is 12.1 Å². The van der Waals surface area contributed by atoms with Gasteiger partial charge in [-0.15, -0.1) is 0 Å². The molecule has 1 aliphatic heterocycles. The molecule has 0 unspecified atom stereocenters. The minimum absolute atomic E-state index is 0.259. The number of amides is 1. The molecular formula is C11H15N3O. The molecule has 1 aromatic carbocycles. The standard InChI is InChI=1S/C11H15N3O/c12-10-3-1-8(2-4-10)9-5-14(6-9)7-11(13)15/h1-4,9H,5-7,12H2,(H2,13,15). The largest absolute Gasteiger partial charge is 0.399 e. The highest BCUT2D eigenvalue weighted by Crippen LogP contribution is 2.26. The van der Waals surface area contributed by atoms with Gasteiger partial charge < -0.3 is 11.5 Å². The van der Waals surface area contributed by atoms with Crippen LogP contribution in [0.1, 0.15) is 11.5 Å². The van der Waals surface area contributed by atoms with E-state index in [4.69, 9.17) is 11.5 Å². The molecule has 0 saturated carbocycles. The van der Waals surface area contributed by atoms with E-state index in [1.807, 2.05) is 29.2 Å². The number of likely N-dealkylation sites (tertiary alicyclic amines) is 1. The van der Waals surface area contributed by atoms with Crippen molar-refractivity contribution in [2.24, 2.45) is 5.73 Å². The number of rotatable bonds is 3. The van der Waals surface area contributed by atoms with Gasteiger partial charge in [0.2, 0.25) is 5.91 Å². The Bertz CT molecular complexity index is 355. The first-order chi connectivity index (χ1) is 7.15. The molecule has 1 aromatic rings. The first-order valence-corrected chi connectivity index (χ1v) is 5.01. The predicted molar refractivity (Wildman–Crippen MR) is 59.2 cm³/mol. The van der Waals surface area contributed by atoms with E-state index >= 15 is 0 Å². The Kier molecular flexibility index (Phi) is 2.60. The van der Waals surface area contributed by atoms with Crippen LogP contribution in [0.2, 0.25) is 0 Å². The summed E-state index contributed by atoms with van der Waals surface area (Å²) in [6, 6.07) is 7.90. The summed E-state index contributed by atoms with van der Waals surface area (Å²) in [5.74, 6) is 0.260. The molecule has 1 saturated heterocycles. The molecule has 0 aliphatic carbocycles. The first-order valence-electron chi connectivity index (χ1n) is 5.01. The molecule has 1 heterocycles. The maximum Gasteiger partial charge on any atom is 0.231 e. The van der Waals surface area contributed by atoms with Gasteiger partial charge in [0, 0.05) is 24.7 Å². The Morgan fingerprint density at radius 2 is 1.93 bits per heavy atom. The van der Waals surface area contributed by atoms with Crippen molar-refractivity contribution in [3.05, 3.63) is 29.8 Å². The SMILES string of the molecule is NC(=O)CN1CC(c2ccc(N)cc2)C1. The third-order valence-electron chi connectivity index (χ3n) is 2.74. The molecular weight excluding hydrogens is 190 g/mol. The van der Waals surface area contributed by atoms with Crippen LogP contribution in [0, 0.1) is 0 Å². The van der Waals surface area contributed by atoms with Gasteiger partial charge in [-0.25, -0.2) is 0 Å². The van der Waals surface area contributed by atoms with E-state index in [-0.39, 0.29) is 5.91 Å². The summed E-state index contributed by atoms with van der Waals surface area (Å²) >= 11 is 0. The van der Waals surface area contributed by atoms with Crippen LogP contribution in [0.5, 0.6) is 0 Å². The molecule has 1 amide bonds. The van der Waals surface area contributed by atoms with Gasteiger partial charge in [0.05, 0.1) is 6.54 Å². The van der Waals surface area contributed by atoms with Crippen molar-refractivity contribution in [3.63, 3.8) is 0 Å². The first kappa shape index (κ1) is 9.98. The second-order valence-electron chi connectivity index (χ2n) is 4.02. The van der Waals surface area contributed by atoms with Gasteiger partial charge in [-0.05, 0) is 17.7 Å². The summed E-state index contributed by atoms with van der Waals surface area (Å²) < 4.78 is 0. The fraction of sp³-hybridized carbons (Fsp3) is 0.364. The normalized spacial score (nSPS) is 17.3. The number of hydrogen-bond donors (Lipinski definition) is 2.